The van der Waals surface area contributed by atoms with Gasteiger partial charge >= 0.3 is 0 Å². The summed E-state index contributed by atoms with van der Waals surface area (Å²) < 4.78 is 11.0. The zero-order valence-electron chi connectivity index (χ0n) is 10.2. The molecule has 0 unspecified atom stereocenters. The molecule has 0 fully saturated rings. The summed E-state index contributed by atoms with van der Waals surface area (Å²) in [5.74, 6) is 1.44. The van der Waals surface area contributed by atoms with Gasteiger partial charge in [0.1, 0.15) is 13.2 Å². The van der Waals surface area contributed by atoms with E-state index in [0.29, 0.717) is 24.0 Å². The fourth-order valence-electron chi connectivity index (χ4n) is 1.84. The van der Waals surface area contributed by atoms with E-state index in [1.807, 2.05) is 6.07 Å². The van der Waals surface area contributed by atoms with E-state index in [0.717, 1.165) is 37.2 Å². The van der Waals surface area contributed by atoms with Crippen molar-refractivity contribution in [1.29, 1.82) is 0 Å². The van der Waals surface area contributed by atoms with Gasteiger partial charge in [-0.25, -0.2) is 0 Å². The molecule has 0 bridgehead atoms. The number of hydrogen-bond acceptors (Lipinski definition) is 4. The number of benzene rings is 1. The number of aliphatic hydroxyl groups excluding tert-OH is 1. The van der Waals surface area contributed by atoms with E-state index >= 15 is 0 Å². The van der Waals surface area contributed by atoms with Crippen LogP contribution in [0.3, 0.4) is 0 Å². The lowest BCUT2D eigenvalue weighted by molar-refractivity contribution is 0.171. The first kappa shape index (κ1) is 13.3. The molecule has 5 heteroatoms. The second-order valence-electron chi connectivity index (χ2n) is 4.19. The Labute approximate surface area is 112 Å². The Kier molecular flexibility index (Phi) is 4.96. The molecule has 18 heavy (non-hydrogen) atoms. The van der Waals surface area contributed by atoms with Crippen LogP contribution in [-0.4, -0.2) is 31.5 Å². The molecule has 1 aliphatic heterocycles. The molecule has 0 saturated heterocycles. The highest BCUT2D eigenvalue weighted by Gasteiger charge is 2.14. The summed E-state index contributed by atoms with van der Waals surface area (Å²) in [6.07, 6.45) is 2.85. The second-order valence-corrected chi connectivity index (χ2v) is 4.59. The van der Waals surface area contributed by atoms with Gasteiger partial charge in [-0.15, -0.1) is 0 Å². The molecule has 0 saturated carbocycles. The van der Waals surface area contributed by atoms with Crippen LogP contribution in [0.4, 0.5) is 5.69 Å². The molecule has 0 atom stereocenters. The number of nitrogens with one attached hydrogen (secondary N) is 1. The topological polar surface area (TPSA) is 50.7 Å². The van der Waals surface area contributed by atoms with Gasteiger partial charge in [-0.05, 0) is 19.3 Å². The Bertz CT molecular complexity index is 398. The fraction of sp³-hybridized carbons (Fsp3) is 0.538. The monoisotopic (exact) mass is 271 g/mol. The van der Waals surface area contributed by atoms with Gasteiger partial charge in [-0.1, -0.05) is 11.6 Å². The zero-order valence-corrected chi connectivity index (χ0v) is 11.0. The van der Waals surface area contributed by atoms with Crippen LogP contribution in [-0.2, 0) is 0 Å². The fourth-order valence-corrected chi connectivity index (χ4v) is 2.06. The Hall–Kier alpha value is -1.13. The van der Waals surface area contributed by atoms with E-state index in [4.69, 9.17) is 26.2 Å². The third-order valence-electron chi connectivity index (χ3n) is 2.78. The van der Waals surface area contributed by atoms with Gasteiger partial charge < -0.3 is 19.9 Å². The molecule has 1 aromatic rings. The summed E-state index contributed by atoms with van der Waals surface area (Å²) in [5.41, 5.74) is 0.866. The molecule has 0 aliphatic carbocycles. The Morgan fingerprint density at radius 3 is 2.56 bits per heavy atom. The van der Waals surface area contributed by atoms with Crippen molar-refractivity contribution >= 4 is 17.3 Å². The van der Waals surface area contributed by atoms with Gasteiger partial charge in [0.25, 0.3) is 0 Å². The Balaban J connectivity index is 1.91. The first-order valence-corrected chi connectivity index (χ1v) is 6.63. The van der Waals surface area contributed by atoms with E-state index < -0.39 is 0 Å². The molecule has 4 nitrogen and oxygen atoms in total. The van der Waals surface area contributed by atoms with Gasteiger partial charge in [-0.3, -0.25) is 0 Å². The van der Waals surface area contributed by atoms with Gasteiger partial charge in [0.2, 0.25) is 0 Å². The first-order valence-electron chi connectivity index (χ1n) is 6.25. The quantitative estimate of drug-likeness (QED) is 0.781. The summed E-state index contributed by atoms with van der Waals surface area (Å²) in [6.45, 7) is 2.23. The van der Waals surface area contributed by atoms with Crippen LogP contribution in [0, 0.1) is 0 Å². The average Bonchev–Trinajstić information content (AvgIpc) is 2.39. The van der Waals surface area contributed by atoms with E-state index in [-0.39, 0.29) is 6.61 Å². The molecule has 0 amide bonds. The number of ether oxygens (including phenoxy) is 2. The minimum atomic E-state index is 0.255. The van der Waals surface area contributed by atoms with E-state index in [2.05, 4.69) is 5.32 Å². The predicted octanol–water partition coefficient (Wildman–Crippen LogP) is 2.69. The maximum absolute atomic E-state index is 8.69. The first-order chi connectivity index (χ1) is 8.81. The molecular formula is C13H18ClNO3. The highest BCUT2D eigenvalue weighted by Crippen LogP contribution is 2.37. The second kappa shape index (κ2) is 6.71. The summed E-state index contributed by atoms with van der Waals surface area (Å²) in [4.78, 5) is 0. The molecule has 0 radical (unpaired) electrons. The minimum Gasteiger partial charge on any atom is -0.486 e. The number of aliphatic hydroxyl groups is 1. The third-order valence-corrected chi connectivity index (χ3v) is 3.09. The molecule has 1 aromatic carbocycles. The molecular weight excluding hydrogens is 254 g/mol. The lowest BCUT2D eigenvalue weighted by atomic mass is 10.2. The summed E-state index contributed by atoms with van der Waals surface area (Å²) in [7, 11) is 0. The smallest absolute Gasteiger partial charge is 0.163 e. The molecule has 1 heterocycles. The largest absolute Gasteiger partial charge is 0.486 e. The molecule has 0 aromatic heterocycles. The van der Waals surface area contributed by atoms with Crippen LogP contribution in [0.25, 0.3) is 0 Å². The van der Waals surface area contributed by atoms with Gasteiger partial charge in [0, 0.05) is 25.3 Å². The van der Waals surface area contributed by atoms with Crippen molar-refractivity contribution in [3.8, 4) is 11.5 Å². The lowest BCUT2D eigenvalue weighted by Crippen LogP contribution is -2.15. The highest BCUT2D eigenvalue weighted by molar-refractivity contribution is 6.33. The average molecular weight is 272 g/mol. The van der Waals surface area contributed by atoms with Crippen LogP contribution < -0.4 is 14.8 Å². The van der Waals surface area contributed by atoms with Crippen molar-refractivity contribution in [2.45, 2.75) is 19.3 Å². The maximum atomic E-state index is 8.69. The minimum absolute atomic E-state index is 0.255. The molecule has 2 rings (SSSR count). The van der Waals surface area contributed by atoms with Gasteiger partial charge in [0.15, 0.2) is 11.5 Å². The van der Waals surface area contributed by atoms with Crippen LogP contribution in [0.1, 0.15) is 19.3 Å². The molecule has 0 spiro atoms. The van der Waals surface area contributed by atoms with Crippen LogP contribution in [0.15, 0.2) is 12.1 Å². The summed E-state index contributed by atoms with van der Waals surface area (Å²) >= 11 is 6.16. The van der Waals surface area contributed by atoms with Crippen molar-refractivity contribution in [3.05, 3.63) is 17.2 Å². The summed E-state index contributed by atoms with van der Waals surface area (Å²) in [6, 6.07) is 3.66. The third kappa shape index (κ3) is 3.43. The number of fused-ring (bicyclic) bond motifs is 1. The van der Waals surface area contributed by atoms with Gasteiger partial charge in [0.05, 0.1) is 10.7 Å². The van der Waals surface area contributed by atoms with E-state index in [1.165, 1.54) is 0 Å². The van der Waals surface area contributed by atoms with Crippen molar-refractivity contribution < 1.29 is 14.6 Å². The standard InChI is InChI=1S/C13H18ClNO3/c14-10-8-12-13(18-7-6-17-12)9-11(10)15-4-2-1-3-5-16/h8-9,15-16H,1-7H2. The normalized spacial score (nSPS) is 13.4. The maximum Gasteiger partial charge on any atom is 0.163 e. The Morgan fingerprint density at radius 2 is 1.83 bits per heavy atom. The number of hydrogen-bond donors (Lipinski definition) is 2. The molecule has 1 aliphatic rings. The number of rotatable bonds is 6. The zero-order chi connectivity index (χ0) is 12.8. The predicted molar refractivity (Wildman–Crippen MR) is 71.9 cm³/mol. The van der Waals surface area contributed by atoms with Crippen molar-refractivity contribution in [3.63, 3.8) is 0 Å². The highest BCUT2D eigenvalue weighted by atomic mass is 35.5. The van der Waals surface area contributed by atoms with Crippen molar-refractivity contribution in [2.75, 3.05) is 31.7 Å². The summed E-state index contributed by atoms with van der Waals surface area (Å²) in [5, 5.41) is 12.6. The Morgan fingerprint density at radius 1 is 1.11 bits per heavy atom. The molecule has 2 N–H and O–H groups in total. The van der Waals surface area contributed by atoms with Crippen LogP contribution >= 0.6 is 11.6 Å². The van der Waals surface area contributed by atoms with Crippen LogP contribution in [0.5, 0.6) is 11.5 Å². The van der Waals surface area contributed by atoms with Crippen molar-refractivity contribution in [2.24, 2.45) is 0 Å². The van der Waals surface area contributed by atoms with E-state index in [1.54, 1.807) is 6.07 Å². The van der Waals surface area contributed by atoms with Crippen LogP contribution in [0.2, 0.25) is 5.02 Å². The van der Waals surface area contributed by atoms with Gasteiger partial charge in [-0.2, -0.15) is 0 Å². The van der Waals surface area contributed by atoms with E-state index in [9.17, 15) is 0 Å². The van der Waals surface area contributed by atoms with Crippen molar-refractivity contribution in [1.82, 2.24) is 0 Å². The lowest BCUT2D eigenvalue weighted by Gasteiger charge is -2.20. The molecule has 100 valence electrons. The SMILES string of the molecule is OCCCCCNc1cc2c(cc1Cl)OCCO2. The number of anilines is 1. The number of halogens is 1. The number of unbranched alkanes of at least 4 members (excludes halogenated alkanes) is 2.